The van der Waals surface area contributed by atoms with Crippen LogP contribution < -0.4 is 24.5 Å². The van der Waals surface area contributed by atoms with Gasteiger partial charge in [0, 0.05) is 5.69 Å². The number of sulfonamides is 1. The average Bonchev–Trinajstić information content (AvgIpc) is 2.91. The Morgan fingerprint density at radius 1 is 1.00 bits per heavy atom. The van der Waals surface area contributed by atoms with E-state index in [9.17, 15) is 31.2 Å². The number of hydrogen-bond acceptors (Lipinski definition) is 7. The molecule has 0 aliphatic heterocycles. The van der Waals surface area contributed by atoms with Gasteiger partial charge in [-0.15, -0.1) is 0 Å². The molecule has 10 nitrogen and oxygen atoms in total. The number of methoxy groups -OCH3 is 1. The number of rotatable bonds is 11. The maximum atomic E-state index is 13.1. The molecule has 0 bridgehead atoms. The fourth-order valence-corrected chi connectivity index (χ4v) is 4.41. The second kappa shape index (κ2) is 13.4. The number of ether oxygens (including phenoxy) is 2. The van der Waals surface area contributed by atoms with E-state index < -0.39 is 39.9 Å². The highest BCUT2D eigenvalue weighted by Gasteiger charge is 2.33. The Kier molecular flexibility index (Phi) is 10.2. The Morgan fingerprint density at radius 3 is 2.22 bits per heavy atom. The molecule has 15 heteroatoms. The van der Waals surface area contributed by atoms with Gasteiger partial charge in [0.1, 0.15) is 18.0 Å². The second-order valence-corrected chi connectivity index (χ2v) is 10.7. The summed E-state index contributed by atoms with van der Waals surface area (Å²) >= 11 is 5.94. The van der Waals surface area contributed by atoms with Crippen molar-refractivity contribution in [1.29, 1.82) is 0 Å². The molecule has 0 fully saturated rings. The van der Waals surface area contributed by atoms with Crippen LogP contribution in [-0.4, -0.2) is 53.0 Å². The molecule has 3 aromatic carbocycles. The van der Waals surface area contributed by atoms with E-state index >= 15 is 0 Å². The summed E-state index contributed by atoms with van der Waals surface area (Å²) in [7, 11) is -2.66. The molecular formula is C26H24ClF3N4O6S. The maximum Gasteiger partial charge on any atom is 0.416 e. The van der Waals surface area contributed by atoms with Crippen LogP contribution in [0.2, 0.25) is 5.02 Å². The Balaban J connectivity index is 1.55. The zero-order valence-electron chi connectivity index (χ0n) is 21.6. The third-order valence-electron chi connectivity index (χ3n) is 5.26. The number of benzene rings is 3. The van der Waals surface area contributed by atoms with Gasteiger partial charge in [0.05, 0.1) is 35.9 Å². The number of anilines is 2. The van der Waals surface area contributed by atoms with Gasteiger partial charge in [-0.1, -0.05) is 11.6 Å². The first-order chi connectivity index (χ1) is 19.3. The van der Waals surface area contributed by atoms with Gasteiger partial charge in [-0.2, -0.15) is 18.3 Å². The molecule has 0 aliphatic rings. The van der Waals surface area contributed by atoms with Gasteiger partial charge in [0.25, 0.3) is 11.8 Å². The van der Waals surface area contributed by atoms with Crippen molar-refractivity contribution in [3.63, 3.8) is 0 Å². The zero-order valence-corrected chi connectivity index (χ0v) is 23.2. The lowest BCUT2D eigenvalue weighted by Crippen LogP contribution is -2.39. The summed E-state index contributed by atoms with van der Waals surface area (Å²) in [6.07, 6.45) is -2.77. The highest BCUT2D eigenvalue weighted by molar-refractivity contribution is 7.92. The van der Waals surface area contributed by atoms with E-state index in [0.717, 1.165) is 12.3 Å². The van der Waals surface area contributed by atoms with Crippen LogP contribution in [0.4, 0.5) is 24.5 Å². The van der Waals surface area contributed by atoms with Gasteiger partial charge in [-0.05, 0) is 72.3 Å². The van der Waals surface area contributed by atoms with E-state index in [1.54, 1.807) is 48.5 Å². The highest BCUT2D eigenvalue weighted by atomic mass is 35.5. The fourth-order valence-electron chi connectivity index (χ4n) is 3.28. The van der Waals surface area contributed by atoms with Crippen LogP contribution in [0, 0.1) is 0 Å². The molecule has 0 aromatic heterocycles. The highest BCUT2D eigenvalue weighted by Crippen LogP contribution is 2.36. The molecule has 0 aliphatic carbocycles. The van der Waals surface area contributed by atoms with Gasteiger partial charge < -0.3 is 14.8 Å². The molecule has 2 amide bonds. The van der Waals surface area contributed by atoms with Crippen LogP contribution in [-0.2, 0) is 25.8 Å². The van der Waals surface area contributed by atoms with E-state index in [0.29, 0.717) is 39.2 Å². The standard InChI is InChI=1S/C26H24ClF3N4O6S/c1-39-20-10-6-19(7-11-20)32-25(36)16-40-21-8-3-17(4-9-21)14-31-33-24(35)15-34(41(2,37)38)23-13-18(26(28,29)30)5-12-22(23)27/h3-14H,15-16H2,1-2H3,(H,32,36)(H,33,35)/b31-14-. The minimum atomic E-state index is -4.75. The van der Waals surface area contributed by atoms with Crippen LogP contribution in [0.3, 0.4) is 0 Å². The molecule has 0 spiro atoms. The van der Waals surface area contributed by atoms with Crippen molar-refractivity contribution in [3.8, 4) is 11.5 Å². The number of alkyl halides is 3. The molecule has 218 valence electrons. The number of amides is 2. The second-order valence-electron chi connectivity index (χ2n) is 8.36. The minimum Gasteiger partial charge on any atom is -0.497 e. The third-order valence-corrected chi connectivity index (χ3v) is 6.70. The van der Waals surface area contributed by atoms with Crippen LogP contribution in [0.15, 0.2) is 71.8 Å². The number of hydrogen-bond donors (Lipinski definition) is 2. The van der Waals surface area contributed by atoms with Crippen LogP contribution >= 0.6 is 11.6 Å². The summed E-state index contributed by atoms with van der Waals surface area (Å²) in [5.74, 6) is -0.266. The maximum absolute atomic E-state index is 13.1. The van der Waals surface area contributed by atoms with Crippen LogP contribution in [0.1, 0.15) is 11.1 Å². The van der Waals surface area contributed by atoms with Gasteiger partial charge in [0.2, 0.25) is 10.0 Å². The summed E-state index contributed by atoms with van der Waals surface area (Å²) in [4.78, 5) is 24.5. The molecule has 0 heterocycles. The SMILES string of the molecule is COc1ccc(NC(=O)COc2ccc(/C=N\NC(=O)CN(c3cc(C(F)(F)F)ccc3Cl)S(C)(=O)=O)cc2)cc1. The van der Waals surface area contributed by atoms with E-state index in [2.05, 4.69) is 15.8 Å². The monoisotopic (exact) mass is 612 g/mol. The third kappa shape index (κ3) is 9.39. The molecular weight excluding hydrogens is 589 g/mol. The van der Waals surface area contributed by atoms with E-state index in [-0.39, 0.29) is 17.5 Å². The number of halogens is 4. The van der Waals surface area contributed by atoms with Gasteiger partial charge >= 0.3 is 6.18 Å². The van der Waals surface area contributed by atoms with Crippen molar-refractivity contribution in [1.82, 2.24) is 5.43 Å². The van der Waals surface area contributed by atoms with Crippen LogP contribution in [0.5, 0.6) is 11.5 Å². The first kappa shape index (κ1) is 31.2. The van der Waals surface area contributed by atoms with Crippen molar-refractivity contribution in [2.75, 3.05) is 36.1 Å². The van der Waals surface area contributed by atoms with Crippen molar-refractivity contribution in [3.05, 3.63) is 82.9 Å². The summed E-state index contributed by atoms with van der Waals surface area (Å²) in [6, 6.07) is 15.2. The Bertz CT molecular complexity index is 1520. The van der Waals surface area contributed by atoms with E-state index in [4.69, 9.17) is 21.1 Å². The Hall–Kier alpha value is -4.30. The summed E-state index contributed by atoms with van der Waals surface area (Å²) < 4.78 is 74.8. The first-order valence-electron chi connectivity index (χ1n) is 11.6. The fraction of sp³-hybridized carbons (Fsp3) is 0.192. The number of carbonyl (C=O) groups is 2. The molecule has 3 aromatic rings. The zero-order chi connectivity index (χ0) is 30.2. The average molecular weight is 613 g/mol. The first-order valence-corrected chi connectivity index (χ1v) is 13.8. The van der Waals surface area contributed by atoms with Crippen molar-refractivity contribution < 1.29 is 40.7 Å². The molecule has 0 atom stereocenters. The lowest BCUT2D eigenvalue weighted by molar-refractivity contribution is -0.137. The van der Waals surface area contributed by atoms with Gasteiger partial charge in [0.15, 0.2) is 6.61 Å². The van der Waals surface area contributed by atoms with Gasteiger partial charge in [-0.3, -0.25) is 13.9 Å². The van der Waals surface area contributed by atoms with E-state index in [1.165, 1.54) is 13.3 Å². The lowest BCUT2D eigenvalue weighted by Gasteiger charge is -2.23. The number of nitrogens with zero attached hydrogens (tertiary/aromatic N) is 2. The topological polar surface area (TPSA) is 126 Å². The molecule has 41 heavy (non-hydrogen) atoms. The molecule has 0 saturated heterocycles. The normalized spacial score (nSPS) is 11.7. The van der Waals surface area contributed by atoms with Gasteiger partial charge in [-0.25, -0.2) is 13.8 Å². The predicted molar refractivity (Wildman–Crippen MR) is 148 cm³/mol. The lowest BCUT2D eigenvalue weighted by atomic mass is 10.2. The molecule has 0 unspecified atom stereocenters. The molecule has 3 rings (SSSR count). The smallest absolute Gasteiger partial charge is 0.416 e. The van der Waals surface area contributed by atoms with E-state index in [1.807, 2.05) is 0 Å². The Labute approximate surface area is 238 Å². The van der Waals surface area contributed by atoms with Crippen molar-refractivity contribution >= 4 is 51.0 Å². The summed E-state index contributed by atoms with van der Waals surface area (Å²) in [5.41, 5.74) is 1.58. The predicted octanol–water partition coefficient (Wildman–Crippen LogP) is 4.30. The molecule has 0 radical (unpaired) electrons. The number of carbonyl (C=O) groups excluding carboxylic acids is 2. The van der Waals surface area contributed by atoms with Crippen molar-refractivity contribution in [2.45, 2.75) is 6.18 Å². The van der Waals surface area contributed by atoms with Crippen molar-refractivity contribution in [2.24, 2.45) is 5.10 Å². The minimum absolute atomic E-state index is 0.248. The Morgan fingerprint density at radius 2 is 1.63 bits per heavy atom. The summed E-state index contributed by atoms with van der Waals surface area (Å²) in [6.45, 7) is -1.12. The molecule has 0 saturated carbocycles. The summed E-state index contributed by atoms with van der Waals surface area (Å²) in [5, 5.41) is 6.13. The molecule has 2 N–H and O–H groups in total. The number of nitrogens with one attached hydrogen (secondary N) is 2. The van der Waals surface area contributed by atoms with Crippen LogP contribution in [0.25, 0.3) is 0 Å². The largest absolute Gasteiger partial charge is 0.497 e. The number of hydrazone groups is 1. The quantitative estimate of drug-likeness (QED) is 0.246.